The van der Waals surface area contributed by atoms with Gasteiger partial charge in [0, 0.05) is 44.4 Å². The highest BCUT2D eigenvalue weighted by Gasteiger charge is 2.58. The van der Waals surface area contributed by atoms with Crippen molar-refractivity contribution < 1.29 is 35.9 Å². The van der Waals surface area contributed by atoms with Crippen LogP contribution in [-0.2, 0) is 10.9 Å². The van der Waals surface area contributed by atoms with Gasteiger partial charge in [-0.25, -0.2) is 27.9 Å². The number of hydrogen-bond acceptors (Lipinski definition) is 6. The number of anilines is 1. The molecule has 0 saturated carbocycles. The van der Waals surface area contributed by atoms with Crippen molar-refractivity contribution in [2.24, 2.45) is 4.99 Å². The van der Waals surface area contributed by atoms with Gasteiger partial charge in [0.05, 0.1) is 11.3 Å². The van der Waals surface area contributed by atoms with Crippen molar-refractivity contribution in [1.82, 2.24) is 15.6 Å². The first-order chi connectivity index (χ1) is 16.6. The van der Waals surface area contributed by atoms with E-state index in [1.165, 1.54) is 16.2 Å². The van der Waals surface area contributed by atoms with Crippen LogP contribution in [0.2, 0.25) is 0 Å². The summed E-state index contributed by atoms with van der Waals surface area (Å²) in [5.41, 5.74) is -1.86. The molecule has 2 aliphatic rings. The third-order valence-electron chi connectivity index (χ3n) is 5.86. The summed E-state index contributed by atoms with van der Waals surface area (Å²) in [5.74, 6) is -4.42. The highest BCUT2D eigenvalue weighted by Crippen LogP contribution is 2.46. The van der Waals surface area contributed by atoms with Crippen LogP contribution in [0, 0.1) is 0 Å². The number of rotatable bonds is 5. The van der Waals surface area contributed by atoms with E-state index < -0.39 is 46.7 Å². The molecule has 2 saturated heterocycles. The van der Waals surface area contributed by atoms with Gasteiger partial charge in [-0.15, -0.1) is 0 Å². The molecule has 4 atom stereocenters. The lowest BCUT2D eigenvalue weighted by atomic mass is 9.92. The first kappa shape index (κ1) is 27.9. The number of ether oxygens (including phenoxy) is 1. The van der Waals surface area contributed by atoms with E-state index in [2.05, 4.69) is 27.2 Å². The number of carbonyl (C=O) groups excluding carboxylic acids is 1. The van der Waals surface area contributed by atoms with E-state index in [4.69, 9.17) is 4.74 Å². The maximum Gasteiger partial charge on any atom is 0.416 e. The monoisotopic (exact) mass is 537 g/mol. The minimum atomic E-state index is -4.76. The van der Waals surface area contributed by atoms with Gasteiger partial charge in [-0.3, -0.25) is 5.32 Å². The molecule has 1 aromatic heterocycles. The number of amidine groups is 1. The van der Waals surface area contributed by atoms with Crippen molar-refractivity contribution in [3.8, 4) is 0 Å². The van der Waals surface area contributed by atoms with Crippen LogP contribution >= 0.6 is 9.24 Å². The number of aromatic nitrogens is 1. The largest absolute Gasteiger partial charge is 0.437 e. The molecule has 0 bridgehead atoms. The summed E-state index contributed by atoms with van der Waals surface area (Å²) in [6.45, 7) is 8.06. The van der Waals surface area contributed by atoms with Gasteiger partial charge < -0.3 is 15.0 Å². The van der Waals surface area contributed by atoms with Crippen LogP contribution in [0.25, 0.3) is 5.57 Å². The summed E-state index contributed by atoms with van der Waals surface area (Å²) in [6, 6.07) is 1.60. The Labute approximate surface area is 206 Å². The highest BCUT2D eigenvalue weighted by atomic mass is 31.0. The average Bonchev–Trinajstić information content (AvgIpc) is 2.77. The molecule has 2 fully saturated rings. The summed E-state index contributed by atoms with van der Waals surface area (Å²) in [5, 5.41) is 1.82. The first-order valence-electron chi connectivity index (χ1n) is 10.9. The third kappa shape index (κ3) is 5.67. The van der Waals surface area contributed by atoms with Gasteiger partial charge in [-0.1, -0.05) is 15.8 Å². The number of piperazine rings is 1. The van der Waals surface area contributed by atoms with E-state index in [1.54, 1.807) is 4.90 Å². The lowest BCUT2D eigenvalue weighted by molar-refractivity contribution is -0.137. The molecule has 3 heterocycles. The number of nitrogens with one attached hydrogen (secondary N) is 2. The van der Waals surface area contributed by atoms with E-state index >= 15 is 4.39 Å². The molecular formula is C22H26F6N5O2P. The highest BCUT2D eigenvalue weighted by molar-refractivity contribution is 7.19. The second-order valence-corrected chi connectivity index (χ2v) is 9.50. The van der Waals surface area contributed by atoms with Gasteiger partial charge in [-0.05, 0) is 31.6 Å². The fourth-order valence-corrected chi connectivity index (χ4v) is 4.12. The van der Waals surface area contributed by atoms with E-state index in [1.807, 2.05) is 6.92 Å². The standard InChI is InChI=1S/C22H26F6N5O2P/c1-5-29-18-16(17(35-19(34)32-18)21(25,36)20(4,23)24)12(3)14-8-13(22(26,27)28)9-15(31-14)33-7-6-30-11(2)10-33/h5,8-9,11,17,30H,1,6-7,10,36H2,2-4H3,(H,29,32,34)/b16-12+/t11-,17?,21?/m0/s1. The smallest absolute Gasteiger partial charge is 0.416 e. The Hall–Kier alpha value is -2.66. The zero-order valence-electron chi connectivity index (χ0n) is 19.7. The third-order valence-corrected chi connectivity index (χ3v) is 6.67. The van der Waals surface area contributed by atoms with Crippen LogP contribution in [0.5, 0.6) is 0 Å². The van der Waals surface area contributed by atoms with Gasteiger partial charge >= 0.3 is 12.3 Å². The van der Waals surface area contributed by atoms with Gasteiger partial charge in [0.15, 0.2) is 6.10 Å². The van der Waals surface area contributed by atoms with Gasteiger partial charge in [-0.2, -0.15) is 13.2 Å². The molecule has 0 aromatic carbocycles. The van der Waals surface area contributed by atoms with E-state index in [-0.39, 0.29) is 23.1 Å². The maximum atomic E-state index is 15.5. The van der Waals surface area contributed by atoms with Crippen molar-refractivity contribution in [1.29, 1.82) is 0 Å². The van der Waals surface area contributed by atoms with Gasteiger partial charge in [0.1, 0.15) is 11.7 Å². The normalized spacial score (nSPS) is 25.7. The number of allylic oxidation sites excluding steroid dienone is 1. The Balaban J connectivity index is 2.28. The molecule has 0 spiro atoms. The second kappa shape index (κ2) is 10.0. The number of carbonyl (C=O) groups is 1. The number of halogens is 6. The molecule has 2 aliphatic heterocycles. The van der Waals surface area contributed by atoms with E-state index in [0.29, 0.717) is 26.6 Å². The van der Waals surface area contributed by atoms with Crippen molar-refractivity contribution >= 4 is 32.6 Å². The molecule has 36 heavy (non-hydrogen) atoms. The number of nitrogens with zero attached hydrogens (tertiary/aromatic N) is 3. The number of alkyl carbamates (subject to hydrolysis) is 1. The van der Waals surface area contributed by atoms with Crippen LogP contribution in [-0.4, -0.2) is 60.0 Å². The SMILES string of the molecule is C=CN=C1NC(=O)OC(C(F)(P)C(C)(F)F)/C1=C(/C)c1cc(C(F)(F)F)cc(N2CCN[C@@H](C)C2)n1. The first-order valence-corrected chi connectivity index (χ1v) is 11.4. The Morgan fingerprint density at radius 1 is 1.31 bits per heavy atom. The minimum absolute atomic E-state index is 0.00542. The number of amides is 1. The molecule has 3 unspecified atom stereocenters. The molecule has 198 valence electrons. The Morgan fingerprint density at radius 2 is 1.97 bits per heavy atom. The number of aliphatic imine (C=N–C) groups is 1. The topological polar surface area (TPSA) is 78.8 Å². The lowest BCUT2D eigenvalue weighted by Crippen LogP contribution is -2.56. The fourth-order valence-electron chi connectivity index (χ4n) is 3.89. The second-order valence-electron chi connectivity index (χ2n) is 8.66. The maximum absolute atomic E-state index is 15.5. The predicted octanol–water partition coefficient (Wildman–Crippen LogP) is 4.52. The van der Waals surface area contributed by atoms with Crippen LogP contribution in [0.15, 0.2) is 35.5 Å². The predicted molar refractivity (Wildman–Crippen MR) is 127 cm³/mol. The van der Waals surface area contributed by atoms with Crippen LogP contribution in [0.1, 0.15) is 32.0 Å². The molecule has 1 aromatic rings. The summed E-state index contributed by atoms with van der Waals surface area (Å²) in [4.78, 5) is 21.9. The molecule has 2 N–H and O–H groups in total. The molecule has 14 heteroatoms. The van der Waals surface area contributed by atoms with E-state index in [0.717, 1.165) is 18.3 Å². The lowest BCUT2D eigenvalue weighted by Gasteiger charge is -2.39. The summed E-state index contributed by atoms with van der Waals surface area (Å²) < 4.78 is 90.3. The van der Waals surface area contributed by atoms with Crippen LogP contribution in [0.3, 0.4) is 0 Å². The van der Waals surface area contributed by atoms with Gasteiger partial charge in [0.2, 0.25) is 5.41 Å². The number of hydrogen-bond donors (Lipinski definition) is 2. The molecular weight excluding hydrogens is 511 g/mol. The molecule has 0 radical (unpaired) electrons. The molecule has 0 aliphatic carbocycles. The van der Waals surface area contributed by atoms with Crippen molar-refractivity contribution in [3.05, 3.63) is 41.7 Å². The van der Waals surface area contributed by atoms with Crippen molar-refractivity contribution in [3.63, 3.8) is 0 Å². The average molecular weight is 537 g/mol. The number of alkyl halides is 6. The summed E-state index contributed by atoms with van der Waals surface area (Å²) in [6.07, 6.45) is -7.30. The van der Waals surface area contributed by atoms with Gasteiger partial charge in [0.25, 0.3) is 5.92 Å². The Kier molecular flexibility index (Phi) is 7.76. The zero-order valence-corrected chi connectivity index (χ0v) is 20.9. The minimum Gasteiger partial charge on any atom is -0.437 e. The van der Waals surface area contributed by atoms with Crippen molar-refractivity contribution in [2.75, 3.05) is 24.5 Å². The Bertz CT molecular complexity index is 1100. The molecule has 1 amide bonds. The van der Waals surface area contributed by atoms with Crippen LogP contribution in [0.4, 0.5) is 37.0 Å². The number of cyclic esters (lactones) is 1. The Morgan fingerprint density at radius 3 is 2.53 bits per heavy atom. The molecule has 7 nitrogen and oxygen atoms in total. The fraction of sp³-hybridized carbons (Fsp3) is 0.500. The molecule has 3 rings (SSSR count). The van der Waals surface area contributed by atoms with Crippen LogP contribution < -0.4 is 15.5 Å². The number of pyridine rings is 1. The van der Waals surface area contributed by atoms with E-state index in [9.17, 15) is 26.7 Å². The zero-order chi connectivity index (χ0) is 27.1. The summed E-state index contributed by atoms with van der Waals surface area (Å²) in [7, 11) is 1.34. The summed E-state index contributed by atoms with van der Waals surface area (Å²) >= 11 is 0. The van der Waals surface area contributed by atoms with Crippen molar-refractivity contribution in [2.45, 2.75) is 50.4 Å². The quantitative estimate of drug-likeness (QED) is 0.427.